The Morgan fingerprint density at radius 1 is 1.28 bits per heavy atom. The Labute approximate surface area is 121 Å². The van der Waals surface area contributed by atoms with Crippen molar-refractivity contribution >= 4 is 22.6 Å². The molecule has 0 aliphatic rings. The molecule has 1 N–H and O–H groups in total. The summed E-state index contributed by atoms with van der Waals surface area (Å²) in [5, 5.41) is 3.28. The van der Waals surface area contributed by atoms with Gasteiger partial charge in [-0.3, -0.25) is 0 Å². The lowest BCUT2D eigenvalue weighted by Gasteiger charge is -2.07. The van der Waals surface area contributed by atoms with E-state index in [0.717, 1.165) is 22.4 Å². The van der Waals surface area contributed by atoms with Crippen LogP contribution in [0.15, 0.2) is 42.6 Å². The predicted molar refractivity (Wildman–Crippen MR) is 80.9 cm³/mol. The third-order valence-electron chi connectivity index (χ3n) is 2.40. The normalized spacial score (nSPS) is 10.3. The molecule has 1 heterocycles. The number of pyridine rings is 1. The molecule has 0 radical (unpaired) electrons. The van der Waals surface area contributed by atoms with E-state index in [1.165, 1.54) is 5.56 Å². The lowest BCUT2D eigenvalue weighted by atomic mass is 10.2. The van der Waals surface area contributed by atoms with Gasteiger partial charge >= 0.3 is 0 Å². The predicted octanol–water partition coefficient (Wildman–Crippen LogP) is 3.59. The highest BCUT2D eigenvalue weighted by atomic mass is 127. The largest absolute Gasteiger partial charge is 0.439 e. The zero-order valence-corrected chi connectivity index (χ0v) is 12.3. The van der Waals surface area contributed by atoms with Gasteiger partial charge < -0.3 is 10.1 Å². The Morgan fingerprint density at radius 3 is 2.94 bits per heavy atom. The van der Waals surface area contributed by atoms with Gasteiger partial charge in [0.25, 0.3) is 0 Å². The molecule has 0 bridgehead atoms. The molecule has 94 valence electrons. The zero-order chi connectivity index (χ0) is 12.8. The summed E-state index contributed by atoms with van der Waals surface area (Å²) >= 11 is 2.26. The number of rotatable bonds is 5. The van der Waals surface area contributed by atoms with Crippen LogP contribution in [-0.2, 0) is 6.54 Å². The Kier molecular flexibility index (Phi) is 4.95. The Balaban J connectivity index is 2.09. The molecule has 0 saturated carbocycles. The molecule has 18 heavy (non-hydrogen) atoms. The van der Waals surface area contributed by atoms with Gasteiger partial charge in [-0.2, -0.15) is 0 Å². The molecular formula is C14H15IN2O. The molecule has 2 rings (SSSR count). The van der Waals surface area contributed by atoms with Crippen LogP contribution in [0.5, 0.6) is 11.6 Å². The molecule has 0 spiro atoms. The number of nitrogens with one attached hydrogen (secondary N) is 1. The molecule has 0 amide bonds. The fraction of sp³-hybridized carbons (Fsp3) is 0.214. The molecule has 0 aliphatic heterocycles. The van der Waals surface area contributed by atoms with Gasteiger partial charge in [-0.1, -0.05) is 13.0 Å². The van der Waals surface area contributed by atoms with Crippen molar-refractivity contribution in [3.05, 3.63) is 51.7 Å². The van der Waals surface area contributed by atoms with Gasteiger partial charge in [0.05, 0.1) is 0 Å². The average molecular weight is 354 g/mol. The van der Waals surface area contributed by atoms with Gasteiger partial charge in [-0.25, -0.2) is 4.98 Å². The summed E-state index contributed by atoms with van der Waals surface area (Å²) in [7, 11) is 0. The summed E-state index contributed by atoms with van der Waals surface area (Å²) in [4.78, 5) is 4.22. The highest BCUT2D eigenvalue weighted by Crippen LogP contribution is 2.21. The second kappa shape index (κ2) is 6.70. The maximum Gasteiger partial charge on any atom is 0.219 e. The number of ether oxygens (including phenoxy) is 1. The molecule has 0 fully saturated rings. The minimum Gasteiger partial charge on any atom is -0.439 e. The summed E-state index contributed by atoms with van der Waals surface area (Å²) in [6.07, 6.45) is 1.77. The Bertz CT molecular complexity index is 517. The van der Waals surface area contributed by atoms with E-state index < -0.39 is 0 Å². The van der Waals surface area contributed by atoms with Crippen LogP contribution in [0.4, 0.5) is 0 Å². The molecule has 0 unspecified atom stereocenters. The lowest BCUT2D eigenvalue weighted by molar-refractivity contribution is 0.461. The monoisotopic (exact) mass is 354 g/mol. The highest BCUT2D eigenvalue weighted by Gasteiger charge is 2.00. The molecule has 4 heteroatoms. The Hall–Kier alpha value is -1.14. The summed E-state index contributed by atoms with van der Waals surface area (Å²) in [6.45, 7) is 3.88. The van der Waals surface area contributed by atoms with E-state index in [1.54, 1.807) is 6.20 Å². The molecule has 1 aromatic heterocycles. The first-order chi connectivity index (χ1) is 8.78. The SMILES string of the molecule is CCNCc1ccnc(Oc2cccc(I)c2)c1. The van der Waals surface area contributed by atoms with Gasteiger partial charge in [0.15, 0.2) is 0 Å². The second-order valence-electron chi connectivity index (χ2n) is 3.84. The van der Waals surface area contributed by atoms with Crippen molar-refractivity contribution in [2.75, 3.05) is 6.54 Å². The number of aromatic nitrogens is 1. The van der Waals surface area contributed by atoms with E-state index in [4.69, 9.17) is 4.74 Å². The molecule has 3 nitrogen and oxygen atoms in total. The quantitative estimate of drug-likeness (QED) is 0.834. The number of hydrogen-bond donors (Lipinski definition) is 1. The van der Waals surface area contributed by atoms with Gasteiger partial charge in [-0.15, -0.1) is 0 Å². The van der Waals surface area contributed by atoms with Crippen molar-refractivity contribution < 1.29 is 4.74 Å². The summed E-state index contributed by atoms with van der Waals surface area (Å²) in [5.74, 6) is 1.45. The van der Waals surface area contributed by atoms with Crippen molar-refractivity contribution in [2.45, 2.75) is 13.5 Å². The van der Waals surface area contributed by atoms with Gasteiger partial charge in [0.2, 0.25) is 5.88 Å². The van der Waals surface area contributed by atoms with Gasteiger partial charge in [-0.05, 0) is 59.0 Å². The summed E-state index contributed by atoms with van der Waals surface area (Å²) in [6, 6.07) is 11.9. The fourth-order valence-corrected chi connectivity index (χ4v) is 2.05. The molecule has 1 aromatic carbocycles. The van der Waals surface area contributed by atoms with E-state index in [9.17, 15) is 0 Å². The van der Waals surface area contributed by atoms with Crippen LogP contribution in [0.1, 0.15) is 12.5 Å². The smallest absolute Gasteiger partial charge is 0.219 e. The first kappa shape index (κ1) is 13.3. The first-order valence-corrected chi connectivity index (χ1v) is 6.95. The van der Waals surface area contributed by atoms with Gasteiger partial charge in [0, 0.05) is 22.4 Å². The minimum absolute atomic E-state index is 0.632. The number of nitrogens with zero attached hydrogens (tertiary/aromatic N) is 1. The second-order valence-corrected chi connectivity index (χ2v) is 5.09. The zero-order valence-electron chi connectivity index (χ0n) is 10.2. The summed E-state index contributed by atoms with van der Waals surface area (Å²) in [5.41, 5.74) is 1.17. The van der Waals surface area contributed by atoms with E-state index in [-0.39, 0.29) is 0 Å². The minimum atomic E-state index is 0.632. The van der Waals surface area contributed by atoms with Crippen LogP contribution in [0, 0.1) is 3.57 Å². The van der Waals surface area contributed by atoms with Crippen LogP contribution < -0.4 is 10.1 Å². The van der Waals surface area contributed by atoms with Crippen molar-refractivity contribution in [3.8, 4) is 11.6 Å². The van der Waals surface area contributed by atoms with E-state index in [2.05, 4.69) is 39.8 Å². The van der Waals surface area contributed by atoms with E-state index >= 15 is 0 Å². The lowest BCUT2D eigenvalue weighted by Crippen LogP contribution is -2.11. The maximum atomic E-state index is 5.74. The number of hydrogen-bond acceptors (Lipinski definition) is 3. The standard InChI is InChI=1S/C14H15IN2O/c1-2-16-10-11-6-7-17-14(8-11)18-13-5-3-4-12(15)9-13/h3-9,16H,2,10H2,1H3. The van der Waals surface area contributed by atoms with Crippen molar-refractivity contribution in [1.82, 2.24) is 10.3 Å². The first-order valence-electron chi connectivity index (χ1n) is 5.87. The fourth-order valence-electron chi connectivity index (χ4n) is 1.54. The van der Waals surface area contributed by atoms with Crippen LogP contribution in [0.2, 0.25) is 0 Å². The van der Waals surface area contributed by atoms with Gasteiger partial charge in [0.1, 0.15) is 5.75 Å². The van der Waals surface area contributed by atoms with Crippen molar-refractivity contribution in [2.24, 2.45) is 0 Å². The van der Waals surface area contributed by atoms with Crippen molar-refractivity contribution in [1.29, 1.82) is 0 Å². The maximum absolute atomic E-state index is 5.74. The highest BCUT2D eigenvalue weighted by molar-refractivity contribution is 14.1. The molecule has 0 atom stereocenters. The van der Waals surface area contributed by atoms with Crippen LogP contribution >= 0.6 is 22.6 Å². The number of benzene rings is 1. The van der Waals surface area contributed by atoms with E-state index in [0.29, 0.717) is 5.88 Å². The van der Waals surface area contributed by atoms with Crippen molar-refractivity contribution in [3.63, 3.8) is 0 Å². The van der Waals surface area contributed by atoms with E-state index in [1.807, 2.05) is 36.4 Å². The third-order valence-corrected chi connectivity index (χ3v) is 3.07. The molecule has 0 aliphatic carbocycles. The van der Waals surface area contributed by atoms with Crippen LogP contribution in [0.25, 0.3) is 0 Å². The molecule has 2 aromatic rings. The number of halogens is 1. The third kappa shape index (κ3) is 3.96. The Morgan fingerprint density at radius 2 is 2.17 bits per heavy atom. The summed E-state index contributed by atoms with van der Waals surface area (Å²) < 4.78 is 6.88. The van der Waals surface area contributed by atoms with Crippen LogP contribution in [0.3, 0.4) is 0 Å². The topological polar surface area (TPSA) is 34.2 Å². The molecular weight excluding hydrogens is 339 g/mol. The molecule has 0 saturated heterocycles. The average Bonchev–Trinajstić information content (AvgIpc) is 2.37. The van der Waals surface area contributed by atoms with Crippen LogP contribution in [-0.4, -0.2) is 11.5 Å².